The summed E-state index contributed by atoms with van der Waals surface area (Å²) < 4.78 is 5.40. The monoisotopic (exact) mass is 334 g/mol. The van der Waals surface area contributed by atoms with E-state index < -0.39 is 0 Å². The summed E-state index contributed by atoms with van der Waals surface area (Å²) in [4.78, 5) is 11.5. The predicted molar refractivity (Wildman–Crippen MR) is 95.7 cm³/mol. The minimum Gasteiger partial charge on any atom is -0.334 e. The number of aryl methyl sites for hydroxylation is 1. The van der Waals surface area contributed by atoms with Gasteiger partial charge in [0, 0.05) is 30.8 Å². The SMILES string of the molecule is c1ccc(-c2nc(CCC3CCCN3Cc3ccccn3)no2)cc1. The fourth-order valence-corrected chi connectivity index (χ4v) is 3.48. The lowest BCUT2D eigenvalue weighted by Crippen LogP contribution is -2.29. The van der Waals surface area contributed by atoms with Gasteiger partial charge in [-0.15, -0.1) is 0 Å². The van der Waals surface area contributed by atoms with Crippen molar-refractivity contribution in [2.45, 2.75) is 38.3 Å². The summed E-state index contributed by atoms with van der Waals surface area (Å²) in [7, 11) is 0. The maximum Gasteiger partial charge on any atom is 0.257 e. The number of likely N-dealkylation sites (tertiary alicyclic amines) is 1. The molecule has 1 aromatic carbocycles. The number of nitrogens with zero attached hydrogens (tertiary/aromatic N) is 4. The van der Waals surface area contributed by atoms with E-state index in [1.54, 1.807) is 0 Å². The molecule has 2 aromatic heterocycles. The third-order valence-corrected chi connectivity index (χ3v) is 4.78. The van der Waals surface area contributed by atoms with Gasteiger partial charge in [0.05, 0.1) is 5.69 Å². The van der Waals surface area contributed by atoms with Gasteiger partial charge in [0.25, 0.3) is 5.89 Å². The zero-order valence-corrected chi connectivity index (χ0v) is 14.2. The van der Waals surface area contributed by atoms with Gasteiger partial charge >= 0.3 is 0 Å². The van der Waals surface area contributed by atoms with Crippen molar-refractivity contribution in [1.82, 2.24) is 20.0 Å². The zero-order chi connectivity index (χ0) is 16.9. The van der Waals surface area contributed by atoms with Gasteiger partial charge in [-0.1, -0.05) is 29.4 Å². The Morgan fingerprint density at radius 2 is 1.96 bits per heavy atom. The highest BCUT2D eigenvalue weighted by Gasteiger charge is 2.25. The molecule has 0 bridgehead atoms. The van der Waals surface area contributed by atoms with Crippen LogP contribution in [0.2, 0.25) is 0 Å². The molecule has 4 rings (SSSR count). The van der Waals surface area contributed by atoms with E-state index in [0.717, 1.165) is 43.0 Å². The number of pyridine rings is 1. The third-order valence-electron chi connectivity index (χ3n) is 4.78. The molecule has 128 valence electrons. The number of hydrogen-bond donors (Lipinski definition) is 0. The molecule has 0 saturated carbocycles. The predicted octanol–water partition coefficient (Wildman–Crippen LogP) is 3.73. The molecule has 1 atom stereocenters. The number of benzene rings is 1. The first kappa shape index (κ1) is 16.0. The first-order chi connectivity index (χ1) is 12.4. The number of aromatic nitrogens is 3. The van der Waals surface area contributed by atoms with Crippen LogP contribution >= 0.6 is 0 Å². The third kappa shape index (κ3) is 3.94. The van der Waals surface area contributed by atoms with Crippen LogP contribution in [0, 0.1) is 0 Å². The lowest BCUT2D eigenvalue weighted by atomic mass is 10.1. The molecule has 1 unspecified atom stereocenters. The maximum absolute atomic E-state index is 5.40. The van der Waals surface area contributed by atoms with E-state index in [0.29, 0.717) is 11.9 Å². The van der Waals surface area contributed by atoms with E-state index >= 15 is 0 Å². The van der Waals surface area contributed by atoms with E-state index in [4.69, 9.17) is 4.52 Å². The Morgan fingerprint density at radius 1 is 1.08 bits per heavy atom. The largest absolute Gasteiger partial charge is 0.334 e. The Labute approximate surface area is 147 Å². The fraction of sp³-hybridized carbons (Fsp3) is 0.350. The second-order valence-corrected chi connectivity index (χ2v) is 6.51. The maximum atomic E-state index is 5.40. The molecule has 5 heteroatoms. The topological polar surface area (TPSA) is 55.1 Å². The summed E-state index contributed by atoms with van der Waals surface area (Å²) in [6.07, 6.45) is 6.25. The molecule has 1 aliphatic rings. The minimum atomic E-state index is 0.570. The van der Waals surface area contributed by atoms with Crippen molar-refractivity contribution in [3.8, 4) is 11.5 Å². The molecule has 5 nitrogen and oxygen atoms in total. The Morgan fingerprint density at radius 3 is 2.80 bits per heavy atom. The van der Waals surface area contributed by atoms with Crippen molar-refractivity contribution in [3.63, 3.8) is 0 Å². The van der Waals surface area contributed by atoms with Crippen LogP contribution in [0.3, 0.4) is 0 Å². The molecule has 1 aliphatic heterocycles. The van der Waals surface area contributed by atoms with Gasteiger partial charge in [0.2, 0.25) is 0 Å². The highest BCUT2D eigenvalue weighted by molar-refractivity contribution is 5.51. The average molecular weight is 334 g/mol. The lowest BCUT2D eigenvalue weighted by molar-refractivity contribution is 0.231. The molecule has 0 N–H and O–H groups in total. The van der Waals surface area contributed by atoms with Crippen molar-refractivity contribution in [1.29, 1.82) is 0 Å². The van der Waals surface area contributed by atoms with E-state index in [-0.39, 0.29) is 0 Å². The molecule has 1 fully saturated rings. The van der Waals surface area contributed by atoms with Gasteiger partial charge in [0.15, 0.2) is 5.82 Å². The fourth-order valence-electron chi connectivity index (χ4n) is 3.48. The highest BCUT2D eigenvalue weighted by Crippen LogP contribution is 2.24. The standard InChI is InChI=1S/C20H22N4O/c1-2-7-16(8-3-1)20-22-19(23-25-20)12-11-18-10-6-14-24(18)15-17-9-4-5-13-21-17/h1-5,7-9,13,18H,6,10-12,14-15H2. The normalized spacial score (nSPS) is 17.8. The molecular formula is C20H22N4O. The van der Waals surface area contributed by atoms with Gasteiger partial charge in [-0.2, -0.15) is 4.98 Å². The van der Waals surface area contributed by atoms with Crippen molar-refractivity contribution in [2.24, 2.45) is 0 Å². The van der Waals surface area contributed by atoms with Crippen molar-refractivity contribution >= 4 is 0 Å². The lowest BCUT2D eigenvalue weighted by Gasteiger charge is -2.23. The molecule has 3 heterocycles. The molecule has 0 aliphatic carbocycles. The molecule has 0 radical (unpaired) electrons. The quantitative estimate of drug-likeness (QED) is 0.687. The van der Waals surface area contributed by atoms with Crippen LogP contribution in [0.15, 0.2) is 59.3 Å². The first-order valence-corrected chi connectivity index (χ1v) is 8.90. The van der Waals surface area contributed by atoms with Crippen LogP contribution in [0.25, 0.3) is 11.5 Å². The van der Waals surface area contributed by atoms with Crippen molar-refractivity contribution < 1.29 is 4.52 Å². The van der Waals surface area contributed by atoms with Crippen molar-refractivity contribution in [2.75, 3.05) is 6.54 Å². The first-order valence-electron chi connectivity index (χ1n) is 8.90. The summed E-state index contributed by atoms with van der Waals surface area (Å²) in [5.74, 6) is 1.40. The van der Waals surface area contributed by atoms with Gasteiger partial charge in [-0.3, -0.25) is 9.88 Å². The summed E-state index contributed by atoms with van der Waals surface area (Å²) >= 11 is 0. The molecule has 1 saturated heterocycles. The van der Waals surface area contributed by atoms with E-state index in [2.05, 4.69) is 32.2 Å². The van der Waals surface area contributed by atoms with Gasteiger partial charge in [0.1, 0.15) is 0 Å². The average Bonchev–Trinajstić information content (AvgIpc) is 3.31. The summed E-state index contributed by atoms with van der Waals surface area (Å²) in [5.41, 5.74) is 2.11. The minimum absolute atomic E-state index is 0.570. The molecule has 0 amide bonds. The van der Waals surface area contributed by atoms with E-state index in [1.807, 2.05) is 42.6 Å². The number of hydrogen-bond acceptors (Lipinski definition) is 5. The number of rotatable bonds is 6. The second kappa shape index (κ2) is 7.57. The Hall–Kier alpha value is -2.53. The second-order valence-electron chi connectivity index (χ2n) is 6.51. The Bertz CT molecular complexity index is 788. The summed E-state index contributed by atoms with van der Waals surface area (Å²) in [6.45, 7) is 2.07. The van der Waals surface area contributed by atoms with Gasteiger partial charge in [-0.25, -0.2) is 0 Å². The zero-order valence-electron chi connectivity index (χ0n) is 14.2. The molecular weight excluding hydrogens is 312 g/mol. The van der Waals surface area contributed by atoms with Gasteiger partial charge in [-0.05, 0) is 50.1 Å². The molecule has 3 aromatic rings. The molecule has 25 heavy (non-hydrogen) atoms. The van der Waals surface area contributed by atoms with E-state index in [9.17, 15) is 0 Å². The van der Waals surface area contributed by atoms with Crippen LogP contribution in [-0.4, -0.2) is 32.6 Å². The van der Waals surface area contributed by atoms with Gasteiger partial charge < -0.3 is 4.52 Å². The van der Waals surface area contributed by atoms with Crippen LogP contribution in [0.5, 0.6) is 0 Å². The van der Waals surface area contributed by atoms with Crippen LogP contribution in [0.4, 0.5) is 0 Å². The van der Waals surface area contributed by atoms with Crippen LogP contribution in [-0.2, 0) is 13.0 Å². The van der Waals surface area contributed by atoms with Crippen LogP contribution in [0.1, 0.15) is 30.8 Å². The highest BCUT2D eigenvalue weighted by atomic mass is 16.5. The Kier molecular flexibility index (Phi) is 4.84. The van der Waals surface area contributed by atoms with Crippen molar-refractivity contribution in [3.05, 3.63) is 66.2 Å². The Balaban J connectivity index is 1.35. The summed E-state index contributed by atoms with van der Waals surface area (Å²) in [6, 6.07) is 16.6. The van der Waals surface area contributed by atoms with Crippen LogP contribution < -0.4 is 0 Å². The smallest absolute Gasteiger partial charge is 0.257 e. The summed E-state index contributed by atoms with van der Waals surface area (Å²) in [5, 5.41) is 4.15. The molecule has 0 spiro atoms. The van der Waals surface area contributed by atoms with E-state index in [1.165, 1.54) is 12.8 Å².